The minimum atomic E-state index is -3.00. The van der Waals surface area contributed by atoms with Crippen LogP contribution in [0.3, 0.4) is 0 Å². The molecular formula is C86H62Cl3F7N22. The van der Waals surface area contributed by atoms with Crippen molar-refractivity contribution in [2.24, 2.45) is 0 Å². The summed E-state index contributed by atoms with van der Waals surface area (Å²) in [6, 6.07) is 58.7. The molecule has 8 aromatic carbocycles. The molecule has 1 fully saturated rings. The number of hydrogen-bond donors (Lipinski definition) is 8. The first-order chi connectivity index (χ1) is 57.1. The van der Waals surface area contributed by atoms with Gasteiger partial charge in [0, 0.05) is 152 Å². The molecule has 1 aliphatic heterocycles. The lowest BCUT2D eigenvalue weighted by Crippen LogP contribution is -2.56. The van der Waals surface area contributed by atoms with Crippen LogP contribution in [-0.2, 0) is 24.7 Å². The Morgan fingerprint density at radius 3 is 1.51 bits per heavy atom. The van der Waals surface area contributed by atoms with Gasteiger partial charge in [0.15, 0.2) is 22.8 Å². The normalized spacial score (nSPS) is 12.6. The van der Waals surface area contributed by atoms with E-state index < -0.39 is 17.8 Å². The highest BCUT2D eigenvalue weighted by atomic mass is 35.5. The number of halogens is 10. The molecule has 20 aromatic rings. The molecule has 1 aliphatic rings. The topological polar surface area (TPSA) is 286 Å². The van der Waals surface area contributed by atoms with E-state index in [9.17, 15) is 30.7 Å². The Kier molecular flexibility index (Phi) is 20.8. The molecule has 0 bridgehead atoms. The van der Waals surface area contributed by atoms with Gasteiger partial charge in [0.25, 0.3) is 17.8 Å². The molecule has 0 atom stereocenters. The van der Waals surface area contributed by atoms with E-state index in [1.165, 1.54) is 18.5 Å². The first-order valence-corrected chi connectivity index (χ1v) is 37.7. The van der Waals surface area contributed by atoms with Gasteiger partial charge in [-0.2, -0.15) is 43.1 Å². The van der Waals surface area contributed by atoms with E-state index in [2.05, 4.69) is 119 Å². The maximum absolute atomic E-state index is 14.0. The molecule has 32 heteroatoms. The Morgan fingerprint density at radius 2 is 0.881 bits per heavy atom. The van der Waals surface area contributed by atoms with Gasteiger partial charge < -0.3 is 20.9 Å². The standard InChI is InChI=1S/C19H15F2N5.C17H11Cl2N3.C17H11ClFN3.C17H13F2N5.C16H12F2N6/c20-19(21)10-26(11-19)16-5-1-3-12-9-13(6-7-14(12)16)23-18-17-15(24-25-18)4-2-8-22-17;2*18-13-5-6-14(19)12-8-10(3-4-11(12)13)9-16-17-15(21-22-16)2-1-7-20-17;1-17(18,19)14-12-5-4-11(9-10(12)6-8-20-14)22-16-13-3-2-7-21-15(13)23-24-16;1-16(17,18)13-11-3-2-10(8-9(11)4-5-20-13)22-15-12-14(23-24-15)21-7-6-19-12/h1-9H,10-11H2,(H2,23,24,25);2*1-8H,9H2,(H,21,22);2-9H,1H3,(H2,21,22,23,24);2-8H,1H3,(H2,21,22,23,24). The third-order valence-corrected chi connectivity index (χ3v) is 20.5. The Hall–Kier alpha value is -14.0. The van der Waals surface area contributed by atoms with Crippen molar-refractivity contribution in [2.75, 3.05) is 33.9 Å². The van der Waals surface area contributed by atoms with Crippen LogP contribution in [0.1, 0.15) is 47.8 Å². The molecule has 1 saturated heterocycles. The third kappa shape index (κ3) is 16.2. The smallest absolute Gasteiger partial charge is 0.287 e. The molecule has 8 N–H and O–H groups in total. The van der Waals surface area contributed by atoms with Crippen molar-refractivity contribution in [3.05, 3.63) is 298 Å². The van der Waals surface area contributed by atoms with Crippen molar-refractivity contribution in [3.63, 3.8) is 0 Å². The number of pyridine rings is 6. The number of aromatic nitrogens is 18. The fourth-order valence-electron chi connectivity index (χ4n) is 14.0. The summed E-state index contributed by atoms with van der Waals surface area (Å²) in [6.07, 6.45) is 14.1. The van der Waals surface area contributed by atoms with Gasteiger partial charge in [0.05, 0.1) is 35.4 Å². The van der Waals surface area contributed by atoms with Crippen LogP contribution in [0.25, 0.3) is 109 Å². The highest BCUT2D eigenvalue weighted by Crippen LogP contribution is 2.40. The van der Waals surface area contributed by atoms with Gasteiger partial charge in [-0.1, -0.05) is 89.4 Å². The molecule has 0 radical (unpaired) electrons. The number of rotatable bonds is 13. The van der Waals surface area contributed by atoms with Crippen LogP contribution >= 0.6 is 34.8 Å². The molecule has 0 unspecified atom stereocenters. The molecule has 0 amide bonds. The molecule has 586 valence electrons. The molecule has 21 rings (SSSR count). The number of anilines is 7. The highest BCUT2D eigenvalue weighted by Gasteiger charge is 2.44. The number of nitrogens with one attached hydrogen (secondary N) is 8. The molecule has 118 heavy (non-hydrogen) atoms. The summed E-state index contributed by atoms with van der Waals surface area (Å²) in [5, 5.41) is 55.4. The second-order valence-corrected chi connectivity index (χ2v) is 29.1. The average molecular weight is 1640 g/mol. The molecule has 0 saturated carbocycles. The lowest BCUT2D eigenvalue weighted by Gasteiger charge is -2.41. The van der Waals surface area contributed by atoms with Crippen molar-refractivity contribution >= 4 is 184 Å². The maximum Gasteiger partial charge on any atom is 0.287 e. The number of aromatic amines is 5. The molecular weight excluding hydrogens is 1580 g/mol. The quantitative estimate of drug-likeness (QED) is 0.0498. The Morgan fingerprint density at radius 1 is 0.390 bits per heavy atom. The predicted octanol–water partition coefficient (Wildman–Crippen LogP) is 21.9. The van der Waals surface area contributed by atoms with E-state index in [4.69, 9.17) is 34.8 Å². The van der Waals surface area contributed by atoms with Crippen LogP contribution in [0.15, 0.2) is 244 Å². The Labute approximate surface area is 678 Å². The van der Waals surface area contributed by atoms with Crippen molar-refractivity contribution < 1.29 is 30.7 Å². The van der Waals surface area contributed by atoms with Crippen molar-refractivity contribution in [1.29, 1.82) is 0 Å². The molecule has 12 aromatic heterocycles. The van der Waals surface area contributed by atoms with Crippen LogP contribution in [-0.4, -0.2) is 110 Å². The van der Waals surface area contributed by atoms with Crippen LogP contribution in [0, 0.1) is 5.82 Å². The van der Waals surface area contributed by atoms with E-state index in [0.717, 1.165) is 125 Å². The van der Waals surface area contributed by atoms with Gasteiger partial charge in [-0.3, -0.25) is 50.4 Å². The van der Waals surface area contributed by atoms with Gasteiger partial charge in [0.1, 0.15) is 50.6 Å². The molecule has 0 spiro atoms. The first kappa shape index (κ1) is 76.6. The van der Waals surface area contributed by atoms with Gasteiger partial charge in [-0.05, 0) is 167 Å². The van der Waals surface area contributed by atoms with Crippen molar-refractivity contribution in [1.82, 2.24) is 90.9 Å². The van der Waals surface area contributed by atoms with Crippen molar-refractivity contribution in [3.8, 4) is 0 Å². The van der Waals surface area contributed by atoms with E-state index in [-0.39, 0.29) is 30.3 Å². The summed E-state index contributed by atoms with van der Waals surface area (Å²) >= 11 is 18.6. The van der Waals surface area contributed by atoms with Crippen LogP contribution in [0.2, 0.25) is 15.1 Å². The summed E-state index contributed by atoms with van der Waals surface area (Å²) < 4.78 is 95.1. The fourth-order valence-corrected chi connectivity index (χ4v) is 14.7. The summed E-state index contributed by atoms with van der Waals surface area (Å²) in [5.74, 6) is -6.89. The second kappa shape index (κ2) is 32.0. The monoisotopic (exact) mass is 1640 g/mol. The lowest BCUT2D eigenvalue weighted by atomic mass is 10.0. The van der Waals surface area contributed by atoms with E-state index in [0.29, 0.717) is 89.1 Å². The summed E-state index contributed by atoms with van der Waals surface area (Å²) in [7, 11) is 0. The zero-order chi connectivity index (χ0) is 81.4. The van der Waals surface area contributed by atoms with Gasteiger partial charge in [0.2, 0.25) is 5.65 Å². The largest absolute Gasteiger partial charge is 0.359 e. The second-order valence-electron chi connectivity index (χ2n) is 27.9. The van der Waals surface area contributed by atoms with E-state index in [1.54, 1.807) is 96.7 Å². The minimum Gasteiger partial charge on any atom is -0.359 e. The highest BCUT2D eigenvalue weighted by molar-refractivity contribution is 6.40. The Bertz CT molecular complexity index is 6810. The maximum atomic E-state index is 14.0. The first-order valence-electron chi connectivity index (χ1n) is 36.6. The average Bonchev–Trinajstić information content (AvgIpc) is 0.870. The van der Waals surface area contributed by atoms with Gasteiger partial charge in [-0.25, -0.2) is 28.1 Å². The number of fused-ring (bicyclic) bond motifs is 10. The van der Waals surface area contributed by atoms with E-state index in [1.807, 2.05) is 121 Å². The number of benzene rings is 8. The number of hydrogen-bond acceptors (Lipinski definition) is 17. The predicted molar refractivity (Wildman–Crippen MR) is 449 cm³/mol. The third-order valence-electron chi connectivity index (χ3n) is 19.5. The van der Waals surface area contributed by atoms with Crippen LogP contribution < -0.4 is 20.9 Å². The molecule has 22 nitrogen and oxygen atoms in total. The van der Waals surface area contributed by atoms with Crippen LogP contribution in [0.4, 0.5) is 70.9 Å². The summed E-state index contributed by atoms with van der Waals surface area (Å²) in [4.78, 5) is 34.9. The zero-order valence-electron chi connectivity index (χ0n) is 62.0. The summed E-state index contributed by atoms with van der Waals surface area (Å²) in [5.41, 5.74) is 13.5. The fraction of sp³-hybridized carbons (Fsp3) is 0.105. The zero-order valence-corrected chi connectivity index (χ0v) is 64.2. The Balaban J connectivity index is 0.000000106. The SMILES string of the molecule is CC(F)(F)c1nccc2cc(Nc3[nH]nc4ncccc34)ccc12.CC(F)(F)c1nccc2cc(Nc3[nH]nc4nccnc34)ccc12.Clc1ccc(Cl)c2cc(Cc3[nH]nc4cccnc34)ccc12.FC1(F)CN(c2cccc3cc(Nc4n[nH]c5cccnc45)ccc23)C1.Fc1ccc(Cl)c2ccc(Cc3[nH]nc4cccnc34)cc12. The molecule has 13 heterocycles. The number of H-pyrrole nitrogens is 5. The molecule has 0 aliphatic carbocycles. The van der Waals surface area contributed by atoms with Gasteiger partial charge in [-0.15, -0.1) is 0 Å². The van der Waals surface area contributed by atoms with Crippen molar-refractivity contribution in [2.45, 2.75) is 44.5 Å². The number of alkyl halides is 6. The summed E-state index contributed by atoms with van der Waals surface area (Å²) in [6.45, 7) is 1.25. The minimum absolute atomic E-state index is 0.220. The number of nitrogens with zero attached hydrogens (tertiary/aromatic N) is 14. The van der Waals surface area contributed by atoms with E-state index >= 15 is 0 Å². The lowest BCUT2D eigenvalue weighted by molar-refractivity contribution is -0.0261. The van der Waals surface area contributed by atoms with Gasteiger partial charge >= 0.3 is 0 Å². The van der Waals surface area contributed by atoms with Crippen LogP contribution in [0.5, 0.6) is 0 Å².